The minimum absolute atomic E-state index is 0.262. The fourth-order valence-electron chi connectivity index (χ4n) is 4.45. The molecule has 0 aliphatic carbocycles. The van der Waals surface area contributed by atoms with Crippen molar-refractivity contribution in [2.45, 2.75) is 46.8 Å². The zero-order chi connectivity index (χ0) is 29.7. The van der Waals surface area contributed by atoms with Gasteiger partial charge in [0, 0.05) is 0 Å². The number of benzene rings is 3. The van der Waals surface area contributed by atoms with Crippen molar-refractivity contribution in [3.63, 3.8) is 0 Å². The van der Waals surface area contributed by atoms with Gasteiger partial charge >= 0.3 is 5.97 Å². The van der Waals surface area contributed by atoms with Gasteiger partial charge in [0.2, 0.25) is 0 Å². The van der Waals surface area contributed by atoms with Crippen LogP contribution in [0.5, 0.6) is 11.5 Å². The molecule has 1 saturated heterocycles. The molecule has 0 N–H and O–H groups in total. The number of amides is 1. The smallest absolute Gasteiger partial charge is 0.333 e. The second-order valence-electron chi connectivity index (χ2n) is 9.72. The Bertz CT molecular complexity index is 1510. The molecule has 41 heavy (non-hydrogen) atoms. The summed E-state index contributed by atoms with van der Waals surface area (Å²) < 4.78 is 18.3. The van der Waals surface area contributed by atoms with E-state index in [-0.39, 0.29) is 12.5 Å². The van der Waals surface area contributed by atoms with Gasteiger partial charge in [-0.3, -0.25) is 9.69 Å². The SMILES string of the molecule is CCCOC(=O)C(c1ccccc1)N1C(=O)/C(=C\c2cc(Br)c(OCc3cc(C)c(C)cc3C)c(OC)c2)SC1=S. The van der Waals surface area contributed by atoms with Crippen molar-refractivity contribution in [3.05, 3.63) is 97.4 Å². The second kappa shape index (κ2) is 13.7. The van der Waals surface area contributed by atoms with Crippen LogP contribution < -0.4 is 9.47 Å². The van der Waals surface area contributed by atoms with Gasteiger partial charge in [-0.05, 0) is 94.7 Å². The molecule has 9 heteroatoms. The lowest BCUT2D eigenvalue weighted by Crippen LogP contribution is -2.38. The molecule has 1 aliphatic heterocycles. The van der Waals surface area contributed by atoms with Gasteiger partial charge in [0.1, 0.15) is 10.9 Å². The Morgan fingerprint density at radius 1 is 1.07 bits per heavy atom. The van der Waals surface area contributed by atoms with E-state index in [2.05, 4.69) is 48.8 Å². The molecule has 1 heterocycles. The fourth-order valence-corrected chi connectivity index (χ4v) is 6.34. The summed E-state index contributed by atoms with van der Waals surface area (Å²) in [5.41, 5.74) is 6.06. The Morgan fingerprint density at radius 3 is 2.46 bits per heavy atom. The van der Waals surface area contributed by atoms with Crippen LogP contribution in [0.3, 0.4) is 0 Å². The van der Waals surface area contributed by atoms with Crippen LogP contribution in [-0.4, -0.2) is 34.8 Å². The predicted octanol–water partition coefficient (Wildman–Crippen LogP) is 7.86. The zero-order valence-electron chi connectivity index (χ0n) is 23.7. The number of esters is 1. The number of ether oxygens (including phenoxy) is 3. The van der Waals surface area contributed by atoms with Crippen molar-refractivity contribution in [2.75, 3.05) is 13.7 Å². The van der Waals surface area contributed by atoms with Crippen molar-refractivity contribution in [3.8, 4) is 11.5 Å². The normalized spacial score (nSPS) is 14.9. The summed E-state index contributed by atoms with van der Waals surface area (Å²) in [5.74, 6) is 0.217. The Balaban J connectivity index is 1.61. The van der Waals surface area contributed by atoms with Crippen LogP contribution in [0.15, 0.2) is 64.0 Å². The van der Waals surface area contributed by atoms with Gasteiger partial charge in [-0.2, -0.15) is 0 Å². The van der Waals surface area contributed by atoms with Gasteiger partial charge in [-0.15, -0.1) is 0 Å². The molecular formula is C32H32BrNO5S2. The lowest BCUT2D eigenvalue weighted by atomic mass is 10.0. The molecule has 0 aromatic heterocycles. The first kappa shape index (κ1) is 30.8. The molecule has 4 rings (SSSR count). The maximum Gasteiger partial charge on any atom is 0.333 e. The van der Waals surface area contributed by atoms with E-state index < -0.39 is 12.0 Å². The maximum atomic E-state index is 13.6. The summed E-state index contributed by atoms with van der Waals surface area (Å²) in [7, 11) is 1.57. The van der Waals surface area contributed by atoms with Gasteiger partial charge < -0.3 is 14.2 Å². The first-order valence-electron chi connectivity index (χ1n) is 13.2. The number of halogens is 1. The van der Waals surface area contributed by atoms with E-state index in [1.54, 1.807) is 25.3 Å². The third-order valence-corrected chi connectivity index (χ3v) is 8.66. The van der Waals surface area contributed by atoms with Crippen LogP contribution in [0.4, 0.5) is 0 Å². The Kier molecular flexibility index (Phi) is 10.3. The van der Waals surface area contributed by atoms with Crippen LogP contribution in [0.25, 0.3) is 6.08 Å². The lowest BCUT2D eigenvalue weighted by Gasteiger charge is -2.25. The number of carbonyl (C=O) groups is 2. The molecule has 3 aromatic carbocycles. The molecule has 0 spiro atoms. The summed E-state index contributed by atoms with van der Waals surface area (Å²) in [5, 5.41) is 0. The van der Waals surface area contributed by atoms with Gasteiger partial charge in [-0.1, -0.05) is 73.4 Å². The number of rotatable bonds is 10. The molecule has 6 nitrogen and oxygen atoms in total. The molecule has 3 aromatic rings. The summed E-state index contributed by atoms with van der Waals surface area (Å²) in [6, 6.07) is 16.1. The number of thioether (sulfide) groups is 1. The highest BCUT2D eigenvalue weighted by Gasteiger charge is 2.42. The highest BCUT2D eigenvalue weighted by atomic mass is 79.9. The molecule has 1 atom stereocenters. The van der Waals surface area contributed by atoms with Gasteiger partial charge in [-0.25, -0.2) is 4.79 Å². The number of thiocarbonyl (C=S) groups is 1. The number of aryl methyl sites for hydroxylation is 3. The number of nitrogens with zero attached hydrogens (tertiary/aromatic N) is 1. The van der Waals surface area contributed by atoms with E-state index in [9.17, 15) is 9.59 Å². The van der Waals surface area contributed by atoms with E-state index in [0.29, 0.717) is 49.4 Å². The predicted molar refractivity (Wildman–Crippen MR) is 171 cm³/mol. The standard InChI is InChI=1S/C32H32BrNO5S2/c1-6-12-38-31(36)28(23-10-8-7-9-11-23)34-30(35)27(41-32(34)40)17-22-15-25(33)29(26(16-22)37-5)39-18-24-14-20(3)19(2)13-21(24)4/h7-11,13-17,28H,6,12,18H2,1-5H3/b27-17+. The zero-order valence-corrected chi connectivity index (χ0v) is 26.9. The summed E-state index contributed by atoms with van der Waals surface area (Å²) in [6.45, 7) is 8.82. The highest BCUT2D eigenvalue weighted by Crippen LogP contribution is 2.41. The molecule has 1 fully saturated rings. The van der Waals surface area contributed by atoms with E-state index in [1.165, 1.54) is 16.0 Å². The number of methoxy groups -OCH3 is 1. The molecular weight excluding hydrogens is 622 g/mol. The van der Waals surface area contributed by atoms with Crippen LogP contribution in [0.2, 0.25) is 0 Å². The average Bonchev–Trinajstić information content (AvgIpc) is 3.22. The summed E-state index contributed by atoms with van der Waals surface area (Å²) >= 11 is 10.4. The van der Waals surface area contributed by atoms with Crippen molar-refractivity contribution in [1.29, 1.82) is 0 Å². The molecule has 1 amide bonds. The second-order valence-corrected chi connectivity index (χ2v) is 12.2. The average molecular weight is 655 g/mol. The quantitative estimate of drug-likeness (QED) is 0.125. The van der Waals surface area contributed by atoms with Crippen molar-refractivity contribution in [1.82, 2.24) is 4.90 Å². The monoisotopic (exact) mass is 653 g/mol. The Hall–Kier alpha value is -3.14. The van der Waals surface area contributed by atoms with Crippen molar-refractivity contribution >= 4 is 62.2 Å². The van der Waals surface area contributed by atoms with Crippen LogP contribution in [0.1, 0.15) is 52.8 Å². The first-order valence-corrected chi connectivity index (χ1v) is 15.2. The largest absolute Gasteiger partial charge is 0.493 e. The number of hydrogen-bond donors (Lipinski definition) is 0. The van der Waals surface area contributed by atoms with Gasteiger partial charge in [0.05, 0.1) is 23.1 Å². The molecule has 0 radical (unpaired) electrons. The van der Waals surface area contributed by atoms with Crippen molar-refractivity contribution < 1.29 is 23.8 Å². The molecule has 0 bridgehead atoms. The van der Waals surface area contributed by atoms with Crippen LogP contribution in [0, 0.1) is 20.8 Å². The lowest BCUT2D eigenvalue weighted by molar-refractivity contribution is -0.151. The Labute approximate surface area is 259 Å². The van der Waals surface area contributed by atoms with E-state index in [4.69, 9.17) is 26.4 Å². The fraction of sp³-hybridized carbons (Fsp3) is 0.281. The third kappa shape index (κ3) is 7.02. The molecule has 214 valence electrons. The highest BCUT2D eigenvalue weighted by molar-refractivity contribution is 9.10. The number of hydrogen-bond acceptors (Lipinski definition) is 7. The van der Waals surface area contributed by atoms with Crippen molar-refractivity contribution in [2.24, 2.45) is 0 Å². The molecule has 1 aliphatic rings. The third-order valence-electron chi connectivity index (χ3n) is 6.74. The topological polar surface area (TPSA) is 65.1 Å². The van der Waals surface area contributed by atoms with E-state index in [0.717, 1.165) is 22.9 Å². The minimum Gasteiger partial charge on any atom is -0.493 e. The van der Waals surface area contributed by atoms with E-state index >= 15 is 0 Å². The maximum absolute atomic E-state index is 13.6. The number of carbonyl (C=O) groups excluding carboxylic acids is 2. The van der Waals surface area contributed by atoms with Crippen LogP contribution >= 0.6 is 39.9 Å². The molecule has 1 unspecified atom stereocenters. The minimum atomic E-state index is -0.966. The van der Waals surface area contributed by atoms with Crippen LogP contribution in [-0.2, 0) is 20.9 Å². The van der Waals surface area contributed by atoms with Gasteiger partial charge in [0.15, 0.2) is 17.5 Å². The first-order chi connectivity index (χ1) is 19.6. The molecule has 0 saturated carbocycles. The Morgan fingerprint density at radius 2 is 1.78 bits per heavy atom. The summed E-state index contributed by atoms with van der Waals surface area (Å²) in [4.78, 5) is 28.5. The van der Waals surface area contributed by atoms with E-state index in [1.807, 2.05) is 37.3 Å². The summed E-state index contributed by atoms with van der Waals surface area (Å²) in [6.07, 6.45) is 2.41. The van der Waals surface area contributed by atoms with Gasteiger partial charge in [0.25, 0.3) is 5.91 Å².